The van der Waals surface area contributed by atoms with Gasteiger partial charge in [-0.05, 0) is 98.1 Å². The van der Waals surface area contributed by atoms with E-state index in [0.717, 1.165) is 36.2 Å². The van der Waals surface area contributed by atoms with Gasteiger partial charge in [-0.15, -0.1) is 0 Å². The Kier molecular flexibility index (Phi) is 5.75. The monoisotopic (exact) mass is 376 g/mol. The maximum atomic E-state index is 14.6. The zero-order valence-electron chi connectivity index (χ0n) is 16.9. The van der Waals surface area contributed by atoms with E-state index in [2.05, 4.69) is 6.92 Å². The van der Waals surface area contributed by atoms with E-state index in [1.165, 1.54) is 58.5 Å². The van der Waals surface area contributed by atoms with Crippen LogP contribution in [0.3, 0.4) is 0 Å². The number of hydrogen-bond donors (Lipinski definition) is 0. The van der Waals surface area contributed by atoms with E-state index in [1.54, 1.807) is 6.07 Å². The first kappa shape index (κ1) is 19.2. The van der Waals surface area contributed by atoms with E-state index in [9.17, 15) is 8.78 Å². The van der Waals surface area contributed by atoms with Gasteiger partial charge < -0.3 is 4.74 Å². The Hall–Kier alpha value is -1.12. The van der Waals surface area contributed by atoms with Gasteiger partial charge in [0.15, 0.2) is 11.6 Å². The molecule has 0 aliphatic heterocycles. The van der Waals surface area contributed by atoms with Crippen LogP contribution in [0.1, 0.15) is 75.8 Å². The molecular formula is C24H34F2O. The Bertz CT molecular complexity index is 671. The van der Waals surface area contributed by atoms with Crippen molar-refractivity contribution in [2.24, 2.45) is 29.6 Å². The van der Waals surface area contributed by atoms with Crippen LogP contribution in [-0.4, -0.2) is 7.11 Å². The van der Waals surface area contributed by atoms with Gasteiger partial charge in [0.2, 0.25) is 5.82 Å². The van der Waals surface area contributed by atoms with E-state index < -0.39 is 11.6 Å². The first-order chi connectivity index (χ1) is 13.1. The average Bonchev–Trinajstić information content (AvgIpc) is 2.70. The first-order valence-electron chi connectivity index (χ1n) is 11.1. The van der Waals surface area contributed by atoms with E-state index in [-0.39, 0.29) is 5.75 Å². The molecule has 1 aromatic carbocycles. The summed E-state index contributed by atoms with van der Waals surface area (Å²) in [7, 11) is 1.41. The maximum Gasteiger partial charge on any atom is 0.200 e. The summed E-state index contributed by atoms with van der Waals surface area (Å²) >= 11 is 0. The number of ether oxygens (including phenoxy) is 1. The average molecular weight is 377 g/mol. The third kappa shape index (κ3) is 3.76. The molecule has 27 heavy (non-hydrogen) atoms. The van der Waals surface area contributed by atoms with Crippen molar-refractivity contribution in [3.63, 3.8) is 0 Å². The number of halogens is 2. The minimum absolute atomic E-state index is 0.0500. The summed E-state index contributed by atoms with van der Waals surface area (Å²) < 4.78 is 33.8. The van der Waals surface area contributed by atoms with Gasteiger partial charge >= 0.3 is 0 Å². The molecule has 0 bridgehead atoms. The zero-order chi connectivity index (χ0) is 19.0. The molecule has 0 aromatic heterocycles. The van der Waals surface area contributed by atoms with Crippen LogP contribution in [0.2, 0.25) is 0 Å². The Morgan fingerprint density at radius 1 is 0.926 bits per heavy atom. The predicted molar refractivity (Wildman–Crippen MR) is 105 cm³/mol. The second kappa shape index (κ2) is 8.09. The Morgan fingerprint density at radius 2 is 1.63 bits per heavy atom. The lowest BCUT2D eigenvalue weighted by molar-refractivity contribution is 0.0691. The lowest BCUT2D eigenvalue weighted by Gasteiger charge is -2.45. The highest BCUT2D eigenvalue weighted by molar-refractivity contribution is 5.40. The van der Waals surface area contributed by atoms with Crippen molar-refractivity contribution in [3.05, 3.63) is 28.8 Å². The fourth-order valence-corrected chi connectivity index (χ4v) is 6.51. The second-order valence-corrected chi connectivity index (χ2v) is 9.41. The van der Waals surface area contributed by atoms with Crippen molar-refractivity contribution in [3.8, 4) is 5.75 Å². The van der Waals surface area contributed by atoms with Gasteiger partial charge in [0, 0.05) is 0 Å². The quantitative estimate of drug-likeness (QED) is 0.567. The molecule has 1 aromatic rings. The number of fused-ring (bicyclic) bond motifs is 2. The van der Waals surface area contributed by atoms with Crippen molar-refractivity contribution in [2.45, 2.75) is 77.6 Å². The van der Waals surface area contributed by atoms with Crippen molar-refractivity contribution >= 4 is 0 Å². The molecular weight excluding hydrogens is 342 g/mol. The van der Waals surface area contributed by atoms with Gasteiger partial charge in [-0.1, -0.05) is 26.2 Å². The molecule has 0 saturated heterocycles. The number of hydrogen-bond acceptors (Lipinski definition) is 1. The fraction of sp³-hybridized carbons (Fsp3) is 0.750. The minimum atomic E-state index is -0.810. The SMILES string of the molecule is CCCC1CCC2CC(C3CCc4cc(OC)c(F)c(F)c4C3)CCC2C1. The maximum absolute atomic E-state index is 14.6. The van der Waals surface area contributed by atoms with Crippen LogP contribution >= 0.6 is 0 Å². The van der Waals surface area contributed by atoms with Crippen molar-refractivity contribution in [1.29, 1.82) is 0 Å². The van der Waals surface area contributed by atoms with E-state index >= 15 is 0 Å². The number of rotatable bonds is 4. The lowest BCUT2D eigenvalue weighted by atomic mass is 9.61. The predicted octanol–water partition coefficient (Wildman–Crippen LogP) is 6.71. The van der Waals surface area contributed by atoms with Gasteiger partial charge in [0.1, 0.15) is 0 Å². The molecule has 0 N–H and O–H groups in total. The third-order valence-corrected chi connectivity index (χ3v) is 7.96. The van der Waals surface area contributed by atoms with Gasteiger partial charge in [0.25, 0.3) is 0 Å². The molecule has 0 amide bonds. The van der Waals surface area contributed by atoms with Crippen LogP contribution in [-0.2, 0) is 12.8 Å². The summed E-state index contributed by atoms with van der Waals surface area (Å²) in [5.41, 5.74) is 1.58. The molecule has 150 valence electrons. The summed E-state index contributed by atoms with van der Waals surface area (Å²) in [6.45, 7) is 2.31. The highest BCUT2D eigenvalue weighted by atomic mass is 19.2. The number of aryl methyl sites for hydroxylation is 1. The summed E-state index contributed by atoms with van der Waals surface area (Å²) in [6.07, 6.45) is 13.6. The fourth-order valence-electron chi connectivity index (χ4n) is 6.51. The van der Waals surface area contributed by atoms with Crippen LogP contribution in [0, 0.1) is 41.2 Å². The largest absolute Gasteiger partial charge is 0.494 e. The van der Waals surface area contributed by atoms with Crippen molar-refractivity contribution in [1.82, 2.24) is 0 Å². The molecule has 0 heterocycles. The van der Waals surface area contributed by atoms with E-state index in [1.807, 2.05) is 0 Å². The highest BCUT2D eigenvalue weighted by Gasteiger charge is 2.39. The standard InChI is InChI=1S/C24H34F2O/c1-3-4-15-5-6-17-12-18(8-7-16(17)11-15)19-9-10-20-14-22(27-2)24(26)23(25)21(20)13-19/h14-19H,3-13H2,1-2H3. The first-order valence-corrected chi connectivity index (χ1v) is 11.1. The Morgan fingerprint density at radius 3 is 2.37 bits per heavy atom. The molecule has 2 saturated carbocycles. The molecule has 2 fully saturated rings. The molecule has 3 heteroatoms. The summed E-state index contributed by atoms with van der Waals surface area (Å²) in [5, 5.41) is 0. The van der Waals surface area contributed by atoms with Crippen LogP contribution in [0.4, 0.5) is 8.78 Å². The smallest absolute Gasteiger partial charge is 0.200 e. The normalized spacial score (nSPS) is 33.3. The third-order valence-electron chi connectivity index (χ3n) is 7.96. The molecule has 0 spiro atoms. The van der Waals surface area contributed by atoms with Crippen LogP contribution < -0.4 is 4.74 Å². The molecule has 3 aliphatic rings. The van der Waals surface area contributed by atoms with Crippen molar-refractivity contribution in [2.75, 3.05) is 7.11 Å². The minimum Gasteiger partial charge on any atom is -0.494 e. The van der Waals surface area contributed by atoms with Gasteiger partial charge in [-0.25, -0.2) is 4.39 Å². The van der Waals surface area contributed by atoms with E-state index in [0.29, 0.717) is 23.8 Å². The molecule has 5 unspecified atom stereocenters. The molecule has 0 radical (unpaired) electrons. The number of benzene rings is 1. The van der Waals surface area contributed by atoms with E-state index in [4.69, 9.17) is 4.74 Å². The summed E-state index contributed by atoms with van der Waals surface area (Å²) in [5.74, 6) is 2.57. The van der Waals surface area contributed by atoms with Gasteiger partial charge in [0.05, 0.1) is 7.11 Å². The highest BCUT2D eigenvalue weighted by Crippen LogP contribution is 2.49. The van der Waals surface area contributed by atoms with Crippen LogP contribution in [0.15, 0.2) is 6.07 Å². The molecule has 4 rings (SSSR count). The summed E-state index contributed by atoms with van der Waals surface area (Å²) in [4.78, 5) is 0. The number of methoxy groups -OCH3 is 1. The topological polar surface area (TPSA) is 9.23 Å². The summed E-state index contributed by atoms with van der Waals surface area (Å²) in [6, 6.07) is 1.72. The van der Waals surface area contributed by atoms with Gasteiger partial charge in [-0.2, -0.15) is 4.39 Å². The molecule has 5 atom stereocenters. The van der Waals surface area contributed by atoms with Crippen LogP contribution in [0.5, 0.6) is 5.75 Å². The van der Waals surface area contributed by atoms with Gasteiger partial charge in [-0.3, -0.25) is 0 Å². The molecule has 3 aliphatic carbocycles. The lowest BCUT2D eigenvalue weighted by Crippen LogP contribution is -2.35. The van der Waals surface area contributed by atoms with Crippen LogP contribution in [0.25, 0.3) is 0 Å². The molecule has 1 nitrogen and oxygen atoms in total. The Balaban J connectivity index is 1.43. The second-order valence-electron chi connectivity index (χ2n) is 9.41. The zero-order valence-corrected chi connectivity index (χ0v) is 16.9. The van der Waals surface area contributed by atoms with Crippen molar-refractivity contribution < 1.29 is 13.5 Å². The Labute approximate surface area is 162 Å².